The molecule has 262 valence electrons. The first-order valence-electron chi connectivity index (χ1n) is 15.1. The van der Waals surface area contributed by atoms with Crippen LogP contribution in [0, 0.1) is 0 Å². The molecular formula is C34H30Cl2N8O7. The predicted molar refractivity (Wildman–Crippen MR) is 188 cm³/mol. The second-order valence-corrected chi connectivity index (χ2v) is 11.7. The molecule has 0 spiro atoms. The number of hydrogen-bond acceptors (Lipinski definition) is 11. The van der Waals surface area contributed by atoms with Crippen molar-refractivity contribution >= 4 is 58.2 Å². The van der Waals surface area contributed by atoms with Crippen molar-refractivity contribution in [1.82, 2.24) is 30.8 Å². The summed E-state index contributed by atoms with van der Waals surface area (Å²) < 4.78 is 15.9. The molecular weight excluding hydrogens is 703 g/mol. The lowest BCUT2D eigenvalue weighted by Gasteiger charge is -2.15. The largest absolute Gasteiger partial charge is 0.481 e. The maximum Gasteiger partial charge on any atom is 0.252 e. The molecule has 0 fully saturated rings. The fourth-order valence-electron chi connectivity index (χ4n) is 4.46. The highest BCUT2D eigenvalue weighted by molar-refractivity contribution is 6.30. The number of carbonyl (C=O) groups excluding carboxylic acids is 4. The summed E-state index contributed by atoms with van der Waals surface area (Å²) in [5.41, 5.74) is 2.55. The van der Waals surface area contributed by atoms with E-state index in [4.69, 9.17) is 37.1 Å². The topological polar surface area (TPSA) is 200 Å². The number of aromatic nitrogens is 4. The van der Waals surface area contributed by atoms with Crippen LogP contribution in [0.5, 0.6) is 11.8 Å². The third-order valence-electron chi connectivity index (χ3n) is 7.19. The Hall–Kier alpha value is -6.06. The molecule has 3 heterocycles. The van der Waals surface area contributed by atoms with Gasteiger partial charge in [-0.25, -0.2) is 9.97 Å². The van der Waals surface area contributed by atoms with Crippen LogP contribution in [0.1, 0.15) is 34.6 Å². The Morgan fingerprint density at radius 2 is 1.00 bits per heavy atom. The molecule has 0 aliphatic rings. The smallest absolute Gasteiger partial charge is 0.252 e. The van der Waals surface area contributed by atoms with Crippen LogP contribution in [-0.4, -0.2) is 70.1 Å². The van der Waals surface area contributed by atoms with Crippen LogP contribution >= 0.6 is 23.2 Å². The van der Waals surface area contributed by atoms with Gasteiger partial charge in [0, 0.05) is 45.8 Å². The van der Waals surface area contributed by atoms with Crippen molar-refractivity contribution in [3.05, 3.63) is 94.2 Å². The summed E-state index contributed by atoms with van der Waals surface area (Å²) in [6, 6.07) is 17.2. The maximum absolute atomic E-state index is 12.7. The van der Waals surface area contributed by atoms with Crippen molar-refractivity contribution in [1.29, 1.82) is 0 Å². The molecule has 0 radical (unpaired) electrons. The minimum atomic E-state index is -0.875. The van der Waals surface area contributed by atoms with Crippen LogP contribution < -0.4 is 30.7 Å². The number of rotatable bonds is 12. The van der Waals surface area contributed by atoms with Crippen LogP contribution in [0.4, 0.5) is 11.4 Å². The predicted octanol–water partition coefficient (Wildman–Crippen LogP) is 5.03. The van der Waals surface area contributed by atoms with Gasteiger partial charge in [-0.3, -0.25) is 19.2 Å². The molecule has 17 heteroatoms. The normalized spacial score (nSPS) is 11.9. The standard InChI is InChI=1S/C34H30Cl2N8O7/c1-17(37-31(47)21-13-25(35)41-27(15-21)49-3)29(45)39-23-9-5-19(6-10-23)33-43-44-34(51-33)20-7-11-24(12-8-20)40-30(46)18(2)38-32(48)22-14-26(36)42-28(16-22)50-4/h5-18H,1-4H3,(H,37,47)(H,38,48)(H,39,45)(H,40,46)/t17-,18-/m0/s1. The highest BCUT2D eigenvalue weighted by Crippen LogP contribution is 2.26. The van der Waals surface area contributed by atoms with Crippen LogP contribution in [0.15, 0.2) is 77.2 Å². The van der Waals surface area contributed by atoms with Gasteiger partial charge in [0.05, 0.1) is 14.2 Å². The van der Waals surface area contributed by atoms with E-state index in [1.165, 1.54) is 38.5 Å². The number of hydrogen-bond donors (Lipinski definition) is 4. The fraction of sp³-hybridized carbons (Fsp3) is 0.176. The van der Waals surface area contributed by atoms with Gasteiger partial charge in [0.2, 0.25) is 35.4 Å². The van der Waals surface area contributed by atoms with E-state index in [-0.39, 0.29) is 45.0 Å². The molecule has 15 nitrogen and oxygen atoms in total. The summed E-state index contributed by atoms with van der Waals surface area (Å²) in [5, 5.41) is 19.1. The van der Waals surface area contributed by atoms with E-state index in [2.05, 4.69) is 41.4 Å². The van der Waals surface area contributed by atoms with Gasteiger partial charge in [0.25, 0.3) is 11.8 Å². The van der Waals surface area contributed by atoms with Gasteiger partial charge in [0.15, 0.2) is 0 Å². The van der Waals surface area contributed by atoms with Gasteiger partial charge in [0.1, 0.15) is 22.4 Å². The summed E-state index contributed by atoms with van der Waals surface area (Å²) in [6.45, 7) is 3.09. The molecule has 2 atom stereocenters. The molecule has 2 aromatic carbocycles. The average molecular weight is 734 g/mol. The summed E-state index contributed by atoms with van der Waals surface area (Å²) >= 11 is 11.9. The molecule has 0 aliphatic carbocycles. The number of ether oxygens (including phenoxy) is 2. The second-order valence-electron chi connectivity index (χ2n) is 10.9. The minimum Gasteiger partial charge on any atom is -0.481 e. The van der Waals surface area contributed by atoms with Gasteiger partial charge in [-0.2, -0.15) is 0 Å². The van der Waals surface area contributed by atoms with Gasteiger partial charge in [-0.1, -0.05) is 23.2 Å². The van der Waals surface area contributed by atoms with Crippen molar-refractivity contribution in [3.8, 4) is 34.7 Å². The van der Waals surface area contributed by atoms with E-state index in [0.29, 0.717) is 22.5 Å². The number of anilines is 2. The fourth-order valence-corrected chi connectivity index (χ4v) is 4.86. The monoisotopic (exact) mass is 732 g/mol. The Morgan fingerprint density at radius 1 is 0.627 bits per heavy atom. The quantitative estimate of drug-likeness (QED) is 0.125. The zero-order valence-corrected chi connectivity index (χ0v) is 29.0. The SMILES string of the molecule is COc1cc(C(=O)N[C@@H](C)C(=O)Nc2ccc(-c3nnc(-c4ccc(NC(=O)[C@H](C)NC(=O)c5cc(Cl)nc(OC)c5)cc4)o3)cc2)cc(Cl)n1. The van der Waals surface area contributed by atoms with E-state index in [1.54, 1.807) is 62.4 Å². The zero-order valence-electron chi connectivity index (χ0n) is 27.5. The molecule has 0 saturated carbocycles. The molecule has 0 saturated heterocycles. The lowest BCUT2D eigenvalue weighted by Crippen LogP contribution is -2.41. The van der Waals surface area contributed by atoms with Gasteiger partial charge in [-0.05, 0) is 74.5 Å². The first-order chi connectivity index (χ1) is 24.4. The number of benzene rings is 2. The summed E-state index contributed by atoms with van der Waals surface area (Å²) in [6.07, 6.45) is 0. The maximum atomic E-state index is 12.7. The molecule has 0 bridgehead atoms. The molecule has 5 rings (SSSR count). The first kappa shape index (κ1) is 36.2. The van der Waals surface area contributed by atoms with Crippen molar-refractivity contribution in [2.75, 3.05) is 24.9 Å². The van der Waals surface area contributed by atoms with Crippen molar-refractivity contribution < 1.29 is 33.1 Å². The van der Waals surface area contributed by atoms with Gasteiger partial charge in [-0.15, -0.1) is 10.2 Å². The Bertz CT molecular complexity index is 1930. The Labute approximate surface area is 301 Å². The average Bonchev–Trinajstić information content (AvgIpc) is 3.62. The van der Waals surface area contributed by atoms with E-state index in [1.807, 2.05) is 0 Å². The van der Waals surface area contributed by atoms with Crippen molar-refractivity contribution in [2.45, 2.75) is 25.9 Å². The number of amides is 4. The lowest BCUT2D eigenvalue weighted by atomic mass is 10.2. The first-order valence-corrected chi connectivity index (χ1v) is 15.9. The van der Waals surface area contributed by atoms with E-state index >= 15 is 0 Å². The number of pyridine rings is 2. The zero-order chi connectivity index (χ0) is 36.7. The molecule has 5 aromatic rings. The highest BCUT2D eigenvalue weighted by Gasteiger charge is 2.20. The van der Waals surface area contributed by atoms with E-state index < -0.39 is 35.7 Å². The third-order valence-corrected chi connectivity index (χ3v) is 7.58. The summed E-state index contributed by atoms with van der Waals surface area (Å²) in [4.78, 5) is 58.6. The van der Waals surface area contributed by atoms with Crippen LogP contribution in [-0.2, 0) is 9.59 Å². The molecule has 4 N–H and O–H groups in total. The van der Waals surface area contributed by atoms with Crippen molar-refractivity contribution in [2.24, 2.45) is 0 Å². The highest BCUT2D eigenvalue weighted by atomic mass is 35.5. The van der Waals surface area contributed by atoms with Gasteiger partial charge < -0.3 is 35.2 Å². The van der Waals surface area contributed by atoms with Crippen LogP contribution in [0.25, 0.3) is 22.9 Å². The lowest BCUT2D eigenvalue weighted by molar-refractivity contribution is -0.118. The van der Waals surface area contributed by atoms with Crippen molar-refractivity contribution in [3.63, 3.8) is 0 Å². The molecule has 3 aromatic heterocycles. The number of carbonyl (C=O) groups is 4. The number of methoxy groups -OCH3 is 2. The molecule has 51 heavy (non-hydrogen) atoms. The molecule has 0 aliphatic heterocycles. The summed E-state index contributed by atoms with van der Waals surface area (Å²) in [5.74, 6) is -1.11. The van der Waals surface area contributed by atoms with Crippen LogP contribution in [0.3, 0.4) is 0 Å². The Balaban J connectivity index is 1.13. The second kappa shape index (κ2) is 16.1. The molecule has 4 amide bonds. The van der Waals surface area contributed by atoms with E-state index in [0.717, 1.165) is 0 Å². The van der Waals surface area contributed by atoms with Gasteiger partial charge >= 0.3 is 0 Å². The number of nitrogens with zero attached hydrogens (tertiary/aromatic N) is 4. The molecule has 0 unspecified atom stereocenters. The number of nitrogens with one attached hydrogen (secondary N) is 4. The minimum absolute atomic E-state index is 0.0793. The summed E-state index contributed by atoms with van der Waals surface area (Å²) in [7, 11) is 2.80. The third kappa shape index (κ3) is 9.35. The Kier molecular flexibility index (Phi) is 11.4. The van der Waals surface area contributed by atoms with E-state index in [9.17, 15) is 19.2 Å². The van der Waals surface area contributed by atoms with Crippen LogP contribution in [0.2, 0.25) is 10.3 Å². The Morgan fingerprint density at radius 3 is 1.35 bits per heavy atom. The number of halogens is 2.